The first-order valence-corrected chi connectivity index (χ1v) is 8.42. The van der Waals surface area contributed by atoms with E-state index in [0.29, 0.717) is 5.75 Å². The summed E-state index contributed by atoms with van der Waals surface area (Å²) in [5.41, 5.74) is -0.341. The zero-order valence-corrected chi connectivity index (χ0v) is 15.0. The molecule has 9 nitrogen and oxygen atoms in total. The fourth-order valence-corrected chi connectivity index (χ4v) is 3.14. The molecule has 1 aromatic carbocycles. The molecule has 27 heavy (non-hydrogen) atoms. The van der Waals surface area contributed by atoms with Crippen molar-refractivity contribution in [3.63, 3.8) is 0 Å². The van der Waals surface area contributed by atoms with Crippen LogP contribution in [-0.4, -0.2) is 58.5 Å². The van der Waals surface area contributed by atoms with Crippen molar-refractivity contribution in [2.45, 2.75) is 31.1 Å². The maximum Gasteiger partial charge on any atom is 0.333 e. The molecule has 0 radical (unpaired) electrons. The van der Waals surface area contributed by atoms with Crippen molar-refractivity contribution < 1.29 is 24.4 Å². The highest BCUT2D eigenvalue weighted by Gasteiger charge is 2.45. The molecule has 2 aromatic rings. The molecule has 9 heteroatoms. The molecule has 1 aliphatic rings. The monoisotopic (exact) mass is 378 g/mol. The van der Waals surface area contributed by atoms with Crippen LogP contribution in [-0.2, 0) is 16.0 Å². The second-order valence-electron chi connectivity index (χ2n) is 6.22. The van der Waals surface area contributed by atoms with E-state index in [9.17, 15) is 19.8 Å². The van der Waals surface area contributed by atoms with E-state index in [-0.39, 0.29) is 6.54 Å². The molecule has 1 aliphatic heterocycles. The number of aliphatic hydroxyl groups excluding tert-OH is 2. The summed E-state index contributed by atoms with van der Waals surface area (Å²) >= 11 is 0. The SMILES string of the molecule is COc1ccc(Cn2ccc(=O)n([C@@H]3O[C@H](CO)[C@@H](O)[C@H]3OC)c2=O)cc1. The molecule has 0 spiro atoms. The Labute approximate surface area is 155 Å². The maximum atomic E-state index is 12.9. The molecule has 0 saturated carbocycles. The highest BCUT2D eigenvalue weighted by atomic mass is 16.6. The van der Waals surface area contributed by atoms with Crippen LogP contribution >= 0.6 is 0 Å². The molecule has 146 valence electrons. The molecule has 1 saturated heterocycles. The topological polar surface area (TPSA) is 112 Å². The minimum atomic E-state index is -1.16. The lowest BCUT2D eigenvalue weighted by atomic mass is 10.1. The van der Waals surface area contributed by atoms with E-state index in [1.165, 1.54) is 23.9 Å². The van der Waals surface area contributed by atoms with Gasteiger partial charge < -0.3 is 24.4 Å². The van der Waals surface area contributed by atoms with Gasteiger partial charge in [0.15, 0.2) is 6.23 Å². The number of nitrogens with zero attached hydrogens (tertiary/aromatic N) is 2. The molecule has 1 aromatic heterocycles. The molecule has 0 bridgehead atoms. The first-order chi connectivity index (χ1) is 13.0. The van der Waals surface area contributed by atoms with E-state index < -0.39 is 42.4 Å². The van der Waals surface area contributed by atoms with E-state index in [0.717, 1.165) is 10.1 Å². The van der Waals surface area contributed by atoms with Crippen LogP contribution in [0, 0.1) is 0 Å². The van der Waals surface area contributed by atoms with Crippen molar-refractivity contribution in [2.24, 2.45) is 0 Å². The fraction of sp³-hybridized carbons (Fsp3) is 0.444. The van der Waals surface area contributed by atoms with Gasteiger partial charge in [-0.15, -0.1) is 0 Å². The Kier molecular flexibility index (Phi) is 5.76. The Balaban J connectivity index is 1.96. The average molecular weight is 378 g/mol. The highest BCUT2D eigenvalue weighted by molar-refractivity contribution is 5.27. The number of rotatable bonds is 6. The summed E-state index contributed by atoms with van der Waals surface area (Å²) < 4.78 is 18.1. The summed E-state index contributed by atoms with van der Waals surface area (Å²) in [7, 11) is 2.91. The Hall–Kier alpha value is -2.46. The van der Waals surface area contributed by atoms with Gasteiger partial charge in [0.05, 0.1) is 20.3 Å². The van der Waals surface area contributed by atoms with Crippen molar-refractivity contribution >= 4 is 0 Å². The molecule has 1 fully saturated rings. The number of hydrogen-bond donors (Lipinski definition) is 2. The molecule has 2 heterocycles. The van der Waals surface area contributed by atoms with Gasteiger partial charge in [-0.1, -0.05) is 12.1 Å². The van der Waals surface area contributed by atoms with Crippen LogP contribution in [0.4, 0.5) is 0 Å². The molecule has 0 amide bonds. The van der Waals surface area contributed by atoms with Gasteiger partial charge >= 0.3 is 5.69 Å². The third-order valence-electron chi connectivity index (χ3n) is 4.62. The average Bonchev–Trinajstić information content (AvgIpc) is 3.00. The fourth-order valence-electron chi connectivity index (χ4n) is 3.14. The van der Waals surface area contributed by atoms with Crippen LogP contribution in [0.5, 0.6) is 5.75 Å². The number of aromatic nitrogens is 2. The maximum absolute atomic E-state index is 12.9. The van der Waals surface area contributed by atoms with Gasteiger partial charge in [-0.05, 0) is 17.7 Å². The number of benzene rings is 1. The van der Waals surface area contributed by atoms with Gasteiger partial charge in [0, 0.05) is 19.4 Å². The Morgan fingerprint density at radius 2 is 1.85 bits per heavy atom. The van der Waals surface area contributed by atoms with E-state index in [2.05, 4.69) is 0 Å². The number of aliphatic hydroxyl groups is 2. The minimum Gasteiger partial charge on any atom is -0.497 e. The second-order valence-corrected chi connectivity index (χ2v) is 6.22. The van der Waals surface area contributed by atoms with Gasteiger partial charge in [0.25, 0.3) is 5.56 Å². The Morgan fingerprint density at radius 1 is 1.15 bits per heavy atom. The number of methoxy groups -OCH3 is 2. The van der Waals surface area contributed by atoms with Gasteiger partial charge in [-0.3, -0.25) is 9.36 Å². The van der Waals surface area contributed by atoms with Gasteiger partial charge in [-0.25, -0.2) is 9.36 Å². The van der Waals surface area contributed by atoms with Gasteiger partial charge in [-0.2, -0.15) is 0 Å². The van der Waals surface area contributed by atoms with Crippen molar-refractivity contribution in [2.75, 3.05) is 20.8 Å². The van der Waals surface area contributed by atoms with E-state index in [1.807, 2.05) is 12.1 Å². The summed E-state index contributed by atoms with van der Waals surface area (Å²) in [4.78, 5) is 25.2. The normalized spacial score (nSPS) is 24.9. The number of hydrogen-bond acceptors (Lipinski definition) is 7. The van der Waals surface area contributed by atoms with Crippen LogP contribution in [0.3, 0.4) is 0 Å². The summed E-state index contributed by atoms with van der Waals surface area (Å²) in [6, 6.07) is 8.44. The minimum absolute atomic E-state index is 0.236. The Morgan fingerprint density at radius 3 is 2.44 bits per heavy atom. The summed E-state index contributed by atoms with van der Waals surface area (Å²) in [5.74, 6) is 0.697. The zero-order chi connectivity index (χ0) is 19.6. The second kappa shape index (κ2) is 8.05. The van der Waals surface area contributed by atoms with Crippen molar-refractivity contribution in [1.29, 1.82) is 0 Å². The quantitative estimate of drug-likeness (QED) is 0.686. The number of ether oxygens (including phenoxy) is 3. The van der Waals surface area contributed by atoms with Gasteiger partial charge in [0.2, 0.25) is 0 Å². The molecular formula is C18H22N2O7. The summed E-state index contributed by atoms with van der Waals surface area (Å²) in [5, 5.41) is 19.5. The predicted octanol–water partition coefficient (Wildman–Crippen LogP) is -0.667. The molecule has 3 rings (SSSR count). The van der Waals surface area contributed by atoms with Crippen molar-refractivity contribution in [3.05, 3.63) is 62.9 Å². The third kappa shape index (κ3) is 3.67. The lowest BCUT2D eigenvalue weighted by molar-refractivity contribution is -0.0646. The van der Waals surface area contributed by atoms with Gasteiger partial charge in [0.1, 0.15) is 24.1 Å². The smallest absolute Gasteiger partial charge is 0.333 e. The molecule has 0 aliphatic carbocycles. The molecular weight excluding hydrogens is 356 g/mol. The van der Waals surface area contributed by atoms with E-state index in [4.69, 9.17) is 14.2 Å². The lowest BCUT2D eigenvalue weighted by Gasteiger charge is -2.20. The zero-order valence-electron chi connectivity index (χ0n) is 15.0. The highest BCUT2D eigenvalue weighted by Crippen LogP contribution is 2.29. The van der Waals surface area contributed by atoms with E-state index >= 15 is 0 Å². The lowest BCUT2D eigenvalue weighted by Crippen LogP contribution is -2.45. The largest absolute Gasteiger partial charge is 0.497 e. The first-order valence-electron chi connectivity index (χ1n) is 8.42. The predicted molar refractivity (Wildman–Crippen MR) is 94.9 cm³/mol. The van der Waals surface area contributed by atoms with Crippen LogP contribution < -0.4 is 16.0 Å². The van der Waals surface area contributed by atoms with Crippen LogP contribution in [0.2, 0.25) is 0 Å². The van der Waals surface area contributed by atoms with Crippen LogP contribution in [0.25, 0.3) is 0 Å². The third-order valence-corrected chi connectivity index (χ3v) is 4.62. The summed E-state index contributed by atoms with van der Waals surface area (Å²) in [6.45, 7) is -0.224. The Bertz CT molecular complexity index is 890. The van der Waals surface area contributed by atoms with Crippen molar-refractivity contribution in [3.8, 4) is 5.75 Å². The molecule has 2 N–H and O–H groups in total. The van der Waals surface area contributed by atoms with Crippen LogP contribution in [0.1, 0.15) is 11.8 Å². The standard InChI is InChI=1S/C18H22N2O7/c1-25-12-5-3-11(4-6-12)9-19-8-7-14(22)20(18(19)24)17-16(26-2)15(23)13(10-21)27-17/h3-8,13,15-17,21,23H,9-10H2,1-2H3/t13-,15-,16-,17-/m1/s1. The van der Waals surface area contributed by atoms with Crippen molar-refractivity contribution in [1.82, 2.24) is 9.13 Å². The van der Waals surface area contributed by atoms with Crippen LogP contribution in [0.15, 0.2) is 46.1 Å². The van der Waals surface area contributed by atoms with E-state index in [1.54, 1.807) is 19.2 Å². The molecule has 4 atom stereocenters. The molecule has 0 unspecified atom stereocenters. The summed E-state index contributed by atoms with van der Waals surface area (Å²) in [6.07, 6.45) is -2.79. The first kappa shape index (κ1) is 19.3.